The number of fused-ring (bicyclic) bond motifs is 1. The second-order valence-electron chi connectivity index (χ2n) is 5.50. The van der Waals surface area contributed by atoms with E-state index in [0.29, 0.717) is 5.92 Å². The number of aromatic nitrogens is 4. The molecule has 0 unspecified atom stereocenters. The first-order valence-electron chi connectivity index (χ1n) is 5.76. The number of nitrogens with zero attached hydrogens (tertiary/aromatic N) is 4. The minimum absolute atomic E-state index is 0.0308. The minimum Gasteiger partial charge on any atom is -0.242 e. The first kappa shape index (κ1) is 9.75. The molecule has 84 valence electrons. The molecule has 1 aliphatic rings. The molecule has 4 heteroatoms. The topological polar surface area (TPSA) is 43.6 Å². The van der Waals surface area contributed by atoms with E-state index in [-0.39, 0.29) is 5.54 Å². The highest BCUT2D eigenvalue weighted by molar-refractivity contribution is 5.78. The van der Waals surface area contributed by atoms with Gasteiger partial charge in [0.15, 0.2) is 5.65 Å². The highest BCUT2D eigenvalue weighted by Gasteiger charge is 2.29. The molecule has 2 aromatic rings. The molecule has 4 nitrogen and oxygen atoms in total. The predicted molar refractivity (Wildman–Crippen MR) is 62.3 cm³/mol. The summed E-state index contributed by atoms with van der Waals surface area (Å²) >= 11 is 0. The van der Waals surface area contributed by atoms with Crippen molar-refractivity contribution in [3.63, 3.8) is 0 Å². The van der Waals surface area contributed by atoms with E-state index in [4.69, 9.17) is 0 Å². The molecule has 0 bridgehead atoms. The molecule has 0 aromatic carbocycles. The van der Waals surface area contributed by atoms with Gasteiger partial charge in [-0.1, -0.05) is 0 Å². The van der Waals surface area contributed by atoms with Gasteiger partial charge in [-0.15, -0.1) is 0 Å². The van der Waals surface area contributed by atoms with Crippen molar-refractivity contribution in [2.45, 2.75) is 45.1 Å². The molecule has 0 aliphatic heterocycles. The summed E-state index contributed by atoms with van der Waals surface area (Å²) in [6.07, 6.45) is 6.09. The van der Waals surface area contributed by atoms with Crippen LogP contribution in [0.4, 0.5) is 0 Å². The maximum atomic E-state index is 4.45. The van der Waals surface area contributed by atoms with Crippen LogP contribution >= 0.6 is 0 Å². The van der Waals surface area contributed by atoms with Crippen LogP contribution in [0.25, 0.3) is 11.0 Å². The Hall–Kier alpha value is -1.45. The van der Waals surface area contributed by atoms with Crippen molar-refractivity contribution in [3.8, 4) is 0 Å². The third kappa shape index (κ3) is 1.40. The smallest absolute Gasteiger partial charge is 0.161 e. The molecular formula is C12H16N4. The van der Waals surface area contributed by atoms with Gasteiger partial charge in [-0.25, -0.2) is 14.6 Å². The van der Waals surface area contributed by atoms with E-state index >= 15 is 0 Å². The van der Waals surface area contributed by atoms with Gasteiger partial charge in [0.05, 0.1) is 22.8 Å². The molecule has 0 spiro atoms. The van der Waals surface area contributed by atoms with Gasteiger partial charge in [0.2, 0.25) is 0 Å². The van der Waals surface area contributed by atoms with Crippen LogP contribution < -0.4 is 0 Å². The van der Waals surface area contributed by atoms with Crippen LogP contribution in [0.2, 0.25) is 0 Å². The van der Waals surface area contributed by atoms with E-state index in [2.05, 4.69) is 35.8 Å². The zero-order chi connectivity index (χ0) is 11.3. The van der Waals surface area contributed by atoms with Crippen LogP contribution in [0.1, 0.15) is 45.2 Å². The Labute approximate surface area is 94.7 Å². The van der Waals surface area contributed by atoms with E-state index in [9.17, 15) is 0 Å². The van der Waals surface area contributed by atoms with Gasteiger partial charge in [-0.2, -0.15) is 5.10 Å². The Bertz CT molecular complexity index is 531. The molecule has 2 aromatic heterocycles. The van der Waals surface area contributed by atoms with Crippen molar-refractivity contribution in [1.29, 1.82) is 0 Å². The summed E-state index contributed by atoms with van der Waals surface area (Å²) in [6.45, 7) is 6.41. The largest absolute Gasteiger partial charge is 0.242 e. The molecular weight excluding hydrogens is 200 g/mol. The maximum absolute atomic E-state index is 4.45. The third-order valence-electron chi connectivity index (χ3n) is 3.00. The molecule has 1 saturated carbocycles. The van der Waals surface area contributed by atoms with Crippen LogP contribution in [0, 0.1) is 0 Å². The summed E-state index contributed by atoms with van der Waals surface area (Å²) in [7, 11) is 0. The first-order valence-corrected chi connectivity index (χ1v) is 5.76. The SMILES string of the molecule is CC(C)(C)n1ncc2c(C3CC3)ncnc21. The normalized spacial score (nSPS) is 16.9. The van der Waals surface area contributed by atoms with Gasteiger partial charge >= 0.3 is 0 Å². The van der Waals surface area contributed by atoms with E-state index in [1.807, 2.05) is 10.9 Å². The lowest BCUT2D eigenvalue weighted by Gasteiger charge is -2.19. The molecule has 0 amide bonds. The Kier molecular flexibility index (Phi) is 1.85. The van der Waals surface area contributed by atoms with Crippen LogP contribution in [0.5, 0.6) is 0 Å². The van der Waals surface area contributed by atoms with Crippen molar-refractivity contribution in [3.05, 3.63) is 18.2 Å². The summed E-state index contributed by atoms with van der Waals surface area (Å²) in [5.41, 5.74) is 2.11. The highest BCUT2D eigenvalue weighted by atomic mass is 15.3. The second-order valence-corrected chi connectivity index (χ2v) is 5.50. The zero-order valence-electron chi connectivity index (χ0n) is 9.94. The van der Waals surface area contributed by atoms with Gasteiger partial charge in [0.25, 0.3) is 0 Å². The molecule has 1 fully saturated rings. The van der Waals surface area contributed by atoms with Crippen molar-refractivity contribution in [2.24, 2.45) is 0 Å². The van der Waals surface area contributed by atoms with Crippen LogP contribution in [-0.4, -0.2) is 19.7 Å². The van der Waals surface area contributed by atoms with Crippen LogP contribution in [0.15, 0.2) is 12.5 Å². The molecule has 1 aliphatic carbocycles. The van der Waals surface area contributed by atoms with Crippen LogP contribution in [-0.2, 0) is 5.54 Å². The van der Waals surface area contributed by atoms with E-state index in [1.54, 1.807) is 6.33 Å². The predicted octanol–water partition coefficient (Wildman–Crippen LogP) is 2.46. The summed E-state index contributed by atoms with van der Waals surface area (Å²) < 4.78 is 1.98. The fraction of sp³-hybridized carbons (Fsp3) is 0.583. The lowest BCUT2D eigenvalue weighted by Crippen LogP contribution is -2.23. The maximum Gasteiger partial charge on any atom is 0.161 e. The molecule has 16 heavy (non-hydrogen) atoms. The summed E-state index contributed by atoms with van der Waals surface area (Å²) in [6, 6.07) is 0. The standard InChI is InChI=1S/C12H16N4/c1-12(2,3)16-11-9(6-15-16)10(8-4-5-8)13-7-14-11/h6-8H,4-5H2,1-3H3. The van der Waals surface area contributed by atoms with Gasteiger partial charge in [0, 0.05) is 5.92 Å². The molecule has 0 N–H and O–H groups in total. The molecule has 0 saturated heterocycles. The average Bonchev–Trinajstić information content (AvgIpc) is 2.94. The van der Waals surface area contributed by atoms with Gasteiger partial charge in [-0.3, -0.25) is 0 Å². The molecule has 3 rings (SSSR count). The lowest BCUT2D eigenvalue weighted by atomic mass is 10.1. The van der Waals surface area contributed by atoms with E-state index in [0.717, 1.165) is 11.0 Å². The second kappa shape index (κ2) is 3.03. The fourth-order valence-corrected chi connectivity index (χ4v) is 2.04. The fourth-order valence-electron chi connectivity index (χ4n) is 2.04. The molecule has 0 atom stereocenters. The Balaban J connectivity index is 2.24. The van der Waals surface area contributed by atoms with E-state index < -0.39 is 0 Å². The van der Waals surface area contributed by atoms with Crippen LogP contribution in [0.3, 0.4) is 0 Å². The Morgan fingerprint density at radius 3 is 2.62 bits per heavy atom. The van der Waals surface area contributed by atoms with Gasteiger partial charge in [0.1, 0.15) is 6.33 Å². The number of hydrogen-bond donors (Lipinski definition) is 0. The lowest BCUT2D eigenvalue weighted by molar-refractivity contribution is 0.366. The summed E-state index contributed by atoms with van der Waals surface area (Å²) in [4.78, 5) is 8.77. The summed E-state index contributed by atoms with van der Waals surface area (Å²) in [5, 5.41) is 5.58. The van der Waals surface area contributed by atoms with Crippen molar-refractivity contribution in [1.82, 2.24) is 19.7 Å². The quantitative estimate of drug-likeness (QED) is 0.735. The first-order chi connectivity index (χ1) is 7.57. The van der Waals surface area contributed by atoms with E-state index in [1.165, 1.54) is 18.5 Å². The van der Waals surface area contributed by atoms with Crippen molar-refractivity contribution in [2.75, 3.05) is 0 Å². The highest BCUT2D eigenvalue weighted by Crippen LogP contribution is 2.41. The monoisotopic (exact) mass is 216 g/mol. The average molecular weight is 216 g/mol. The van der Waals surface area contributed by atoms with Gasteiger partial charge in [-0.05, 0) is 33.6 Å². The van der Waals surface area contributed by atoms with Crippen molar-refractivity contribution >= 4 is 11.0 Å². The summed E-state index contributed by atoms with van der Waals surface area (Å²) in [5.74, 6) is 0.642. The van der Waals surface area contributed by atoms with Gasteiger partial charge < -0.3 is 0 Å². The third-order valence-corrected chi connectivity index (χ3v) is 3.00. The number of rotatable bonds is 1. The number of hydrogen-bond acceptors (Lipinski definition) is 3. The van der Waals surface area contributed by atoms with Crippen molar-refractivity contribution < 1.29 is 0 Å². The molecule has 0 radical (unpaired) electrons. The molecule has 2 heterocycles. The Morgan fingerprint density at radius 1 is 1.25 bits per heavy atom. The Morgan fingerprint density at radius 2 is 2.00 bits per heavy atom. The minimum atomic E-state index is -0.0308. The zero-order valence-corrected chi connectivity index (χ0v) is 9.94.